The van der Waals surface area contributed by atoms with Crippen molar-refractivity contribution >= 4 is 5.97 Å². The minimum Gasteiger partial charge on any atom is -0.496 e. The van der Waals surface area contributed by atoms with Crippen LogP contribution in [0.5, 0.6) is 5.75 Å². The highest BCUT2D eigenvalue weighted by atomic mass is 16.5. The van der Waals surface area contributed by atoms with E-state index in [1.165, 1.54) is 0 Å². The molecule has 0 saturated carbocycles. The Balaban J connectivity index is 2.39. The van der Waals surface area contributed by atoms with Gasteiger partial charge in [0.15, 0.2) is 5.41 Å². The summed E-state index contributed by atoms with van der Waals surface area (Å²) in [6.45, 7) is 1.78. The van der Waals surface area contributed by atoms with Gasteiger partial charge >= 0.3 is 5.97 Å². The first-order valence-electron chi connectivity index (χ1n) is 9.38. The highest BCUT2D eigenvalue weighted by Crippen LogP contribution is 2.58. The molecule has 3 rings (SSSR count). The number of benzene rings is 1. The molecule has 0 radical (unpaired) electrons. The number of nitriles is 2. The van der Waals surface area contributed by atoms with E-state index >= 15 is 0 Å². The second-order valence-corrected chi connectivity index (χ2v) is 6.96. The molecule has 144 valence electrons. The van der Waals surface area contributed by atoms with Gasteiger partial charge in [0.1, 0.15) is 5.75 Å². The second-order valence-electron chi connectivity index (χ2n) is 6.96. The number of allylic oxidation sites excluding steroid dienone is 2. The van der Waals surface area contributed by atoms with Crippen LogP contribution in [-0.4, -0.2) is 19.7 Å². The molecule has 1 aromatic carbocycles. The summed E-state index contributed by atoms with van der Waals surface area (Å²) in [7, 11) is 1.55. The molecule has 6 heteroatoms. The smallest absolute Gasteiger partial charge is 0.332 e. The molecule has 28 heavy (non-hydrogen) atoms. The lowest BCUT2D eigenvalue weighted by Gasteiger charge is -2.45. The van der Waals surface area contributed by atoms with Gasteiger partial charge in [-0.05, 0) is 43.7 Å². The number of esters is 1. The summed E-state index contributed by atoms with van der Waals surface area (Å²) < 4.78 is 10.8. The highest BCUT2D eigenvalue weighted by Gasteiger charge is 2.59. The molecule has 2 aliphatic rings. The van der Waals surface area contributed by atoms with Crippen molar-refractivity contribution in [3.63, 3.8) is 0 Å². The predicted molar refractivity (Wildman–Crippen MR) is 103 cm³/mol. The molecule has 0 amide bonds. The van der Waals surface area contributed by atoms with Crippen LogP contribution in [0.1, 0.15) is 37.7 Å². The first-order chi connectivity index (χ1) is 13.6. The van der Waals surface area contributed by atoms with Crippen molar-refractivity contribution in [3.8, 4) is 17.9 Å². The third kappa shape index (κ3) is 2.73. The summed E-state index contributed by atoms with van der Waals surface area (Å²) in [4.78, 5) is 13.2. The summed E-state index contributed by atoms with van der Waals surface area (Å²) in [6.07, 6.45) is 4.55. The van der Waals surface area contributed by atoms with Crippen LogP contribution in [0, 0.1) is 34.0 Å². The minimum atomic E-state index is -1.82. The van der Waals surface area contributed by atoms with Crippen LogP contribution in [0.3, 0.4) is 0 Å². The Morgan fingerprint density at radius 1 is 1.36 bits per heavy atom. The minimum absolute atomic E-state index is 0.0336. The molecule has 2 N–H and O–H groups in total. The Morgan fingerprint density at radius 2 is 2.11 bits per heavy atom. The van der Waals surface area contributed by atoms with Gasteiger partial charge in [-0.2, -0.15) is 10.5 Å². The van der Waals surface area contributed by atoms with E-state index in [0.717, 1.165) is 24.8 Å². The van der Waals surface area contributed by atoms with E-state index in [9.17, 15) is 15.3 Å². The van der Waals surface area contributed by atoms with Crippen molar-refractivity contribution in [1.82, 2.24) is 0 Å². The predicted octanol–water partition coefficient (Wildman–Crippen LogP) is 3.33. The van der Waals surface area contributed by atoms with Gasteiger partial charge in [-0.25, -0.2) is 4.79 Å². The molecular formula is C22H23N3O3. The average molecular weight is 377 g/mol. The fraction of sp³-hybridized carbons (Fsp3) is 0.409. The number of para-hydroxylation sites is 1. The van der Waals surface area contributed by atoms with Crippen LogP contribution in [0.25, 0.3) is 0 Å². The van der Waals surface area contributed by atoms with Crippen molar-refractivity contribution in [2.75, 3.05) is 13.7 Å². The maximum atomic E-state index is 13.2. The maximum Gasteiger partial charge on any atom is 0.332 e. The Bertz CT molecular complexity index is 935. The number of methoxy groups -OCH3 is 1. The molecule has 0 fully saturated rings. The molecule has 2 aliphatic carbocycles. The number of carbonyl (C=O) groups is 1. The summed E-state index contributed by atoms with van der Waals surface area (Å²) in [6, 6.07) is 11.5. The molecule has 0 heterocycles. The molecular weight excluding hydrogens is 354 g/mol. The molecule has 0 saturated heterocycles. The van der Waals surface area contributed by atoms with E-state index in [0.29, 0.717) is 11.3 Å². The lowest BCUT2D eigenvalue weighted by atomic mass is 9.55. The van der Waals surface area contributed by atoms with Crippen molar-refractivity contribution in [2.45, 2.75) is 32.1 Å². The highest BCUT2D eigenvalue weighted by molar-refractivity contribution is 5.89. The Morgan fingerprint density at radius 3 is 2.75 bits per heavy atom. The van der Waals surface area contributed by atoms with Crippen LogP contribution in [0.2, 0.25) is 0 Å². The summed E-state index contributed by atoms with van der Waals surface area (Å²) in [5.41, 5.74) is 6.27. The first-order valence-corrected chi connectivity index (χ1v) is 9.38. The van der Waals surface area contributed by atoms with E-state index in [4.69, 9.17) is 15.2 Å². The number of nitrogens with zero attached hydrogens (tertiary/aromatic N) is 2. The number of fused-ring (bicyclic) bond motifs is 1. The number of carbonyl (C=O) groups excluding carboxylic acids is 1. The van der Waals surface area contributed by atoms with Gasteiger partial charge in [-0.1, -0.05) is 24.3 Å². The fourth-order valence-corrected chi connectivity index (χ4v) is 4.54. The van der Waals surface area contributed by atoms with E-state index < -0.39 is 17.3 Å². The third-order valence-corrected chi connectivity index (χ3v) is 5.69. The quantitative estimate of drug-likeness (QED) is 0.806. The lowest BCUT2D eigenvalue weighted by molar-refractivity contribution is -0.151. The largest absolute Gasteiger partial charge is 0.496 e. The molecule has 0 spiro atoms. The van der Waals surface area contributed by atoms with Crippen LogP contribution in [0.4, 0.5) is 0 Å². The fourth-order valence-electron chi connectivity index (χ4n) is 4.54. The second kappa shape index (κ2) is 7.78. The molecule has 0 bridgehead atoms. The van der Waals surface area contributed by atoms with E-state index in [2.05, 4.69) is 12.1 Å². The van der Waals surface area contributed by atoms with Gasteiger partial charge in [0.25, 0.3) is 0 Å². The normalized spacial score (nSPS) is 26.4. The maximum absolute atomic E-state index is 13.2. The summed E-state index contributed by atoms with van der Waals surface area (Å²) >= 11 is 0. The Labute approximate surface area is 164 Å². The lowest BCUT2D eigenvalue weighted by Crippen LogP contribution is -2.48. The Hall–Kier alpha value is -3.25. The molecule has 1 aromatic rings. The SMILES string of the molecule is CCOC(=O)[C@]1(C#N)C(C#N)=C(N)C2=CCCC[C@H]2[C@@H]1c1ccccc1OC. The monoisotopic (exact) mass is 377 g/mol. The molecule has 0 aromatic heterocycles. The van der Waals surface area contributed by atoms with E-state index in [-0.39, 0.29) is 23.8 Å². The standard InChI is InChI=1S/C22H23N3O3/c1-3-28-21(26)22(13-24)17(12-23)20(25)15-9-5-4-8-14(15)19(22)16-10-6-7-11-18(16)27-2/h6-7,9-11,14,19H,3-5,8,25H2,1-2H3/t14-,19-,22-/m1/s1. The topological polar surface area (TPSA) is 109 Å². The zero-order chi connectivity index (χ0) is 20.3. The van der Waals surface area contributed by atoms with Gasteiger partial charge < -0.3 is 15.2 Å². The van der Waals surface area contributed by atoms with Gasteiger partial charge in [-0.15, -0.1) is 0 Å². The van der Waals surface area contributed by atoms with Crippen molar-refractivity contribution in [2.24, 2.45) is 17.1 Å². The number of rotatable bonds is 4. The van der Waals surface area contributed by atoms with Crippen LogP contribution in [0.15, 0.2) is 47.2 Å². The Kier molecular flexibility index (Phi) is 5.42. The van der Waals surface area contributed by atoms with E-state index in [1.807, 2.05) is 24.3 Å². The third-order valence-electron chi connectivity index (χ3n) is 5.69. The van der Waals surface area contributed by atoms with Crippen molar-refractivity contribution in [3.05, 3.63) is 52.7 Å². The molecule has 0 aliphatic heterocycles. The number of ether oxygens (including phenoxy) is 2. The van der Waals surface area contributed by atoms with Gasteiger partial charge in [-0.3, -0.25) is 0 Å². The van der Waals surface area contributed by atoms with Gasteiger partial charge in [0, 0.05) is 11.5 Å². The zero-order valence-electron chi connectivity index (χ0n) is 16.1. The van der Waals surface area contributed by atoms with Gasteiger partial charge in [0.2, 0.25) is 0 Å². The molecule has 3 atom stereocenters. The molecule has 0 unspecified atom stereocenters. The van der Waals surface area contributed by atoms with Gasteiger partial charge in [0.05, 0.1) is 37.1 Å². The average Bonchev–Trinajstić information content (AvgIpc) is 2.73. The summed E-state index contributed by atoms with van der Waals surface area (Å²) in [5, 5.41) is 20.2. The zero-order valence-corrected chi connectivity index (χ0v) is 16.1. The van der Waals surface area contributed by atoms with Crippen LogP contribution < -0.4 is 10.5 Å². The van der Waals surface area contributed by atoms with Crippen molar-refractivity contribution < 1.29 is 14.3 Å². The number of hydrogen-bond acceptors (Lipinski definition) is 6. The number of nitrogens with two attached hydrogens (primary N) is 1. The summed E-state index contributed by atoms with van der Waals surface area (Å²) in [5.74, 6) is -0.968. The molecule has 6 nitrogen and oxygen atoms in total. The van der Waals surface area contributed by atoms with Crippen LogP contribution >= 0.6 is 0 Å². The van der Waals surface area contributed by atoms with Crippen LogP contribution in [-0.2, 0) is 9.53 Å². The number of hydrogen-bond donors (Lipinski definition) is 1. The first kappa shape index (κ1) is 19.5. The van der Waals surface area contributed by atoms with E-state index in [1.54, 1.807) is 20.1 Å². The van der Waals surface area contributed by atoms with Crippen molar-refractivity contribution in [1.29, 1.82) is 10.5 Å².